The second kappa shape index (κ2) is 10.3. The number of likely N-dealkylation sites (N-methyl/N-ethyl adjacent to an activating group) is 1. The summed E-state index contributed by atoms with van der Waals surface area (Å²) in [5.41, 5.74) is 3.73. The fourth-order valence-electron chi connectivity index (χ4n) is 4.57. The number of fused-ring (bicyclic) bond motifs is 1. The number of carbonyl (C=O) groups is 1. The van der Waals surface area contributed by atoms with E-state index < -0.39 is 0 Å². The minimum Gasteiger partial charge on any atom is -0.322 e. The van der Waals surface area contributed by atoms with Crippen molar-refractivity contribution < 1.29 is 9.18 Å². The average Bonchev–Trinajstić information content (AvgIpc) is 3.46. The smallest absolute Gasteiger partial charge is 0.255 e. The molecule has 0 aliphatic heterocycles. The Labute approximate surface area is 210 Å². The number of amides is 1. The monoisotopic (exact) mass is 492 g/mol. The number of anilines is 1. The SMILES string of the molecule is CCC(c1cn[nH]c1)N(C)CCc1c(C(C)(C)C)sc2ccc(NC(=O)c3ccc(F)cc3)cc12. The highest BCUT2D eigenvalue weighted by Crippen LogP contribution is 2.40. The highest BCUT2D eigenvalue weighted by atomic mass is 32.1. The Bertz CT molecular complexity index is 1290. The highest BCUT2D eigenvalue weighted by Gasteiger charge is 2.24. The van der Waals surface area contributed by atoms with Crippen LogP contribution in [-0.2, 0) is 11.8 Å². The van der Waals surface area contributed by atoms with E-state index in [4.69, 9.17) is 0 Å². The van der Waals surface area contributed by atoms with Gasteiger partial charge in [0.15, 0.2) is 0 Å². The molecule has 5 nitrogen and oxygen atoms in total. The number of hydrogen-bond donors (Lipinski definition) is 2. The number of nitrogens with zero attached hydrogens (tertiary/aromatic N) is 2. The molecular formula is C28H33FN4OS. The van der Waals surface area contributed by atoms with Gasteiger partial charge < -0.3 is 5.32 Å². The summed E-state index contributed by atoms with van der Waals surface area (Å²) in [4.78, 5) is 16.5. The van der Waals surface area contributed by atoms with Gasteiger partial charge in [-0.15, -0.1) is 11.3 Å². The third kappa shape index (κ3) is 5.63. The van der Waals surface area contributed by atoms with E-state index in [1.54, 1.807) is 0 Å². The van der Waals surface area contributed by atoms with E-state index >= 15 is 0 Å². The molecule has 184 valence electrons. The Kier molecular flexibility index (Phi) is 7.38. The van der Waals surface area contributed by atoms with Crippen LogP contribution in [0.2, 0.25) is 0 Å². The fourth-order valence-corrected chi connectivity index (χ4v) is 5.86. The van der Waals surface area contributed by atoms with Crippen LogP contribution in [0.5, 0.6) is 0 Å². The summed E-state index contributed by atoms with van der Waals surface area (Å²) in [5, 5.41) is 11.2. The lowest BCUT2D eigenvalue weighted by Crippen LogP contribution is -2.26. The summed E-state index contributed by atoms with van der Waals surface area (Å²) in [6.07, 6.45) is 5.79. The van der Waals surface area contributed by atoms with E-state index in [9.17, 15) is 9.18 Å². The fraction of sp³-hybridized carbons (Fsp3) is 0.357. The first-order valence-corrected chi connectivity index (χ1v) is 12.8. The quantitative estimate of drug-likeness (QED) is 0.280. The predicted molar refractivity (Wildman–Crippen MR) is 143 cm³/mol. The van der Waals surface area contributed by atoms with Crippen LogP contribution in [0.3, 0.4) is 0 Å². The van der Waals surface area contributed by atoms with Crippen molar-refractivity contribution in [1.82, 2.24) is 15.1 Å². The molecule has 0 bridgehead atoms. The van der Waals surface area contributed by atoms with Gasteiger partial charge in [-0.1, -0.05) is 27.7 Å². The first kappa shape index (κ1) is 25.1. The van der Waals surface area contributed by atoms with Gasteiger partial charge in [-0.2, -0.15) is 5.10 Å². The Balaban J connectivity index is 1.61. The van der Waals surface area contributed by atoms with E-state index in [-0.39, 0.29) is 17.1 Å². The summed E-state index contributed by atoms with van der Waals surface area (Å²) in [6, 6.07) is 12.0. The van der Waals surface area contributed by atoms with Gasteiger partial charge in [0, 0.05) is 45.2 Å². The van der Waals surface area contributed by atoms with Crippen molar-refractivity contribution in [3.63, 3.8) is 0 Å². The van der Waals surface area contributed by atoms with Crippen LogP contribution in [0.25, 0.3) is 10.1 Å². The lowest BCUT2D eigenvalue weighted by Gasteiger charge is -2.27. The first-order chi connectivity index (χ1) is 16.7. The number of benzene rings is 2. The second-order valence-corrected chi connectivity index (χ2v) is 11.1. The molecule has 2 aromatic heterocycles. The molecule has 2 aromatic carbocycles. The van der Waals surface area contributed by atoms with E-state index in [2.05, 4.69) is 67.3 Å². The molecule has 1 amide bonds. The van der Waals surface area contributed by atoms with E-state index in [1.165, 1.54) is 50.4 Å². The molecule has 0 aliphatic carbocycles. The maximum atomic E-state index is 13.2. The minimum absolute atomic E-state index is 0.0177. The third-order valence-electron chi connectivity index (χ3n) is 6.37. The van der Waals surface area contributed by atoms with Crippen molar-refractivity contribution in [2.75, 3.05) is 18.9 Å². The molecule has 0 aliphatic rings. The van der Waals surface area contributed by atoms with Crippen LogP contribution in [0, 0.1) is 5.82 Å². The van der Waals surface area contributed by atoms with E-state index in [0.29, 0.717) is 11.6 Å². The maximum Gasteiger partial charge on any atom is 0.255 e. The van der Waals surface area contributed by atoms with Crippen LogP contribution in [0.1, 0.15) is 66.5 Å². The zero-order valence-electron chi connectivity index (χ0n) is 21.0. The molecule has 0 radical (unpaired) electrons. The van der Waals surface area contributed by atoms with Crippen molar-refractivity contribution in [1.29, 1.82) is 0 Å². The normalized spacial score (nSPS) is 12.9. The molecule has 1 atom stereocenters. The number of aromatic amines is 1. The summed E-state index contributed by atoms with van der Waals surface area (Å²) in [5.74, 6) is -0.605. The van der Waals surface area contributed by atoms with Gasteiger partial charge in [0.2, 0.25) is 0 Å². The van der Waals surface area contributed by atoms with Gasteiger partial charge >= 0.3 is 0 Å². The molecule has 35 heavy (non-hydrogen) atoms. The number of halogens is 1. The number of thiophene rings is 1. The van der Waals surface area contributed by atoms with Crippen molar-refractivity contribution in [2.24, 2.45) is 0 Å². The van der Waals surface area contributed by atoms with Crippen LogP contribution in [0.15, 0.2) is 54.9 Å². The Morgan fingerprint density at radius 1 is 1.20 bits per heavy atom. The van der Waals surface area contributed by atoms with Gasteiger partial charge in [0.25, 0.3) is 5.91 Å². The molecule has 1 unspecified atom stereocenters. The Hall–Kier alpha value is -3.03. The predicted octanol–water partition coefficient (Wildman–Crippen LogP) is 6.94. The summed E-state index contributed by atoms with van der Waals surface area (Å²) >= 11 is 1.83. The van der Waals surface area contributed by atoms with Crippen molar-refractivity contribution in [3.05, 3.63) is 82.2 Å². The standard InChI is InChI=1S/C28H33FN4OS/c1-6-24(19-16-30-31-17-19)33(5)14-13-22-23-15-21(11-12-25(23)35-26(22)28(2,3)4)32-27(34)18-7-9-20(29)10-8-18/h7-12,15-17,24H,6,13-14H2,1-5H3,(H,30,31)(H,32,34). The molecule has 0 saturated heterocycles. The van der Waals surface area contributed by atoms with Crippen LogP contribution >= 0.6 is 11.3 Å². The zero-order valence-corrected chi connectivity index (χ0v) is 21.8. The van der Waals surface area contributed by atoms with Crippen molar-refractivity contribution in [2.45, 2.75) is 52.0 Å². The third-order valence-corrected chi connectivity index (χ3v) is 8.01. The molecule has 0 saturated carbocycles. The Morgan fingerprint density at radius 3 is 2.57 bits per heavy atom. The van der Waals surface area contributed by atoms with Crippen molar-refractivity contribution in [3.8, 4) is 0 Å². The maximum absolute atomic E-state index is 13.2. The lowest BCUT2D eigenvalue weighted by atomic mass is 9.89. The largest absolute Gasteiger partial charge is 0.322 e. The summed E-state index contributed by atoms with van der Waals surface area (Å²) in [6.45, 7) is 9.86. The van der Waals surface area contributed by atoms with Gasteiger partial charge in [-0.3, -0.25) is 14.8 Å². The zero-order chi connectivity index (χ0) is 25.2. The number of hydrogen-bond acceptors (Lipinski definition) is 4. The molecule has 7 heteroatoms. The molecule has 4 aromatic rings. The van der Waals surface area contributed by atoms with Crippen molar-refractivity contribution >= 4 is 33.0 Å². The number of aromatic nitrogens is 2. The van der Waals surface area contributed by atoms with E-state index in [0.717, 1.165) is 25.1 Å². The van der Waals surface area contributed by atoms with E-state index in [1.807, 2.05) is 29.8 Å². The average molecular weight is 493 g/mol. The van der Waals surface area contributed by atoms with Gasteiger partial charge in [-0.05, 0) is 78.7 Å². The van der Waals surface area contributed by atoms with Crippen LogP contribution < -0.4 is 5.32 Å². The van der Waals surface area contributed by atoms with Crippen LogP contribution in [-0.4, -0.2) is 34.6 Å². The molecule has 4 rings (SSSR count). The summed E-state index contributed by atoms with van der Waals surface area (Å²) < 4.78 is 14.5. The van der Waals surface area contributed by atoms with Gasteiger partial charge in [-0.25, -0.2) is 4.39 Å². The first-order valence-electron chi connectivity index (χ1n) is 12.0. The lowest BCUT2D eigenvalue weighted by molar-refractivity contribution is 0.102. The van der Waals surface area contributed by atoms with Crippen LogP contribution in [0.4, 0.5) is 10.1 Å². The molecular weight excluding hydrogens is 459 g/mol. The highest BCUT2D eigenvalue weighted by molar-refractivity contribution is 7.19. The summed E-state index contributed by atoms with van der Waals surface area (Å²) in [7, 11) is 2.17. The molecule has 2 N–H and O–H groups in total. The minimum atomic E-state index is -0.358. The number of nitrogens with one attached hydrogen (secondary N) is 2. The van der Waals surface area contributed by atoms with Gasteiger partial charge in [0.1, 0.15) is 5.82 Å². The Morgan fingerprint density at radius 2 is 1.94 bits per heavy atom. The van der Waals surface area contributed by atoms with Gasteiger partial charge in [0.05, 0.1) is 6.20 Å². The topological polar surface area (TPSA) is 61.0 Å². The molecule has 2 heterocycles. The number of rotatable bonds is 8. The number of carbonyl (C=O) groups excluding carboxylic acids is 1. The second-order valence-electron chi connectivity index (χ2n) is 10.0. The number of H-pyrrole nitrogens is 1. The molecule has 0 fully saturated rings. The molecule has 0 spiro atoms.